The average molecular weight is 369 g/mol. The molecule has 0 spiro atoms. The number of nitrogens with one attached hydrogen (secondary N) is 1. The predicted octanol–water partition coefficient (Wildman–Crippen LogP) is 5.32. The van der Waals surface area contributed by atoms with E-state index in [2.05, 4.69) is 53.8 Å². The molecule has 0 saturated carbocycles. The summed E-state index contributed by atoms with van der Waals surface area (Å²) in [6, 6.07) is 24.8. The van der Waals surface area contributed by atoms with Gasteiger partial charge in [-0.25, -0.2) is 0 Å². The van der Waals surface area contributed by atoms with E-state index >= 15 is 0 Å². The summed E-state index contributed by atoms with van der Waals surface area (Å²) in [5.74, 6) is 1.29. The number of amides is 1. The molecule has 3 aromatic rings. The van der Waals surface area contributed by atoms with Crippen LogP contribution in [-0.2, 0) is 4.79 Å². The third-order valence-electron chi connectivity index (χ3n) is 6.07. The Labute approximate surface area is 165 Å². The van der Waals surface area contributed by atoms with Crippen molar-refractivity contribution in [2.45, 2.75) is 25.2 Å². The Bertz CT molecular complexity index is 977. The van der Waals surface area contributed by atoms with Gasteiger partial charge in [0.05, 0.1) is 12.5 Å². The Morgan fingerprint density at radius 2 is 1.46 bits per heavy atom. The average Bonchev–Trinajstić information content (AvgIpc) is 2.75. The summed E-state index contributed by atoms with van der Waals surface area (Å²) < 4.78 is 5.49. The molecule has 3 aliphatic carbocycles. The Morgan fingerprint density at radius 1 is 0.893 bits per heavy atom. The van der Waals surface area contributed by atoms with E-state index in [4.69, 9.17) is 4.74 Å². The van der Waals surface area contributed by atoms with E-state index < -0.39 is 0 Å². The van der Waals surface area contributed by atoms with E-state index in [0.717, 1.165) is 17.9 Å². The van der Waals surface area contributed by atoms with Gasteiger partial charge in [-0.3, -0.25) is 4.79 Å². The molecule has 3 heteroatoms. The van der Waals surface area contributed by atoms with Crippen LogP contribution in [-0.4, -0.2) is 12.5 Å². The fraction of sp³-hybridized carbons (Fsp3) is 0.240. The molecule has 3 aromatic carbocycles. The second-order valence-electron chi connectivity index (χ2n) is 7.58. The molecule has 0 heterocycles. The third-order valence-corrected chi connectivity index (χ3v) is 6.07. The van der Waals surface area contributed by atoms with Crippen LogP contribution in [0.1, 0.15) is 47.4 Å². The quantitative estimate of drug-likeness (QED) is 0.676. The first kappa shape index (κ1) is 17.1. The normalized spacial score (nSPS) is 21.5. The standard InChI is InChI=1S/C25H23NO2/c1-2-28-17-13-11-16(12-14-17)26-25(27)23-15-22-18-7-3-5-9-20(18)24(23)21-10-6-4-8-19(21)22/h3-14,22-24H,2,15H2,1H3,(H,26,27)/t22?,23-,24?/m1/s1. The van der Waals surface area contributed by atoms with Gasteiger partial charge in [0, 0.05) is 17.5 Å². The van der Waals surface area contributed by atoms with Crippen LogP contribution in [0.25, 0.3) is 0 Å². The van der Waals surface area contributed by atoms with Gasteiger partial charge in [0.25, 0.3) is 0 Å². The molecule has 1 atom stereocenters. The van der Waals surface area contributed by atoms with Crippen molar-refractivity contribution < 1.29 is 9.53 Å². The number of carbonyl (C=O) groups is 1. The van der Waals surface area contributed by atoms with Gasteiger partial charge in [-0.15, -0.1) is 0 Å². The summed E-state index contributed by atoms with van der Waals surface area (Å²) in [6.07, 6.45) is 0.863. The first-order chi connectivity index (χ1) is 13.8. The van der Waals surface area contributed by atoms with E-state index in [1.165, 1.54) is 22.3 Å². The van der Waals surface area contributed by atoms with E-state index in [-0.39, 0.29) is 17.7 Å². The molecule has 140 valence electrons. The Kier molecular flexibility index (Phi) is 4.16. The van der Waals surface area contributed by atoms with Crippen LogP contribution in [0.2, 0.25) is 0 Å². The van der Waals surface area contributed by atoms with Gasteiger partial charge in [-0.2, -0.15) is 0 Å². The van der Waals surface area contributed by atoms with E-state index in [1.54, 1.807) is 0 Å². The van der Waals surface area contributed by atoms with Crippen LogP contribution in [0.4, 0.5) is 5.69 Å². The molecule has 0 saturated heterocycles. The molecule has 0 aromatic heterocycles. The first-order valence-electron chi connectivity index (χ1n) is 9.97. The number of hydrogen-bond donors (Lipinski definition) is 1. The van der Waals surface area contributed by atoms with Crippen molar-refractivity contribution in [3.8, 4) is 5.75 Å². The molecule has 1 N–H and O–H groups in total. The number of rotatable bonds is 4. The molecule has 1 amide bonds. The summed E-state index contributed by atoms with van der Waals surface area (Å²) in [5, 5.41) is 3.13. The lowest BCUT2D eigenvalue weighted by atomic mass is 9.59. The maximum absolute atomic E-state index is 13.2. The first-order valence-corrected chi connectivity index (χ1v) is 9.97. The highest BCUT2D eigenvalue weighted by atomic mass is 16.5. The highest BCUT2D eigenvalue weighted by Gasteiger charge is 2.45. The zero-order chi connectivity index (χ0) is 19.1. The number of hydrogen-bond acceptors (Lipinski definition) is 2. The number of ether oxygens (including phenoxy) is 1. The van der Waals surface area contributed by atoms with Gasteiger partial charge >= 0.3 is 0 Å². The zero-order valence-corrected chi connectivity index (χ0v) is 15.9. The molecule has 0 unspecified atom stereocenters. The molecule has 3 aliphatic rings. The Morgan fingerprint density at radius 3 is 2.04 bits per heavy atom. The minimum absolute atomic E-state index is 0.0543. The van der Waals surface area contributed by atoms with Crippen LogP contribution in [0.5, 0.6) is 5.75 Å². The van der Waals surface area contributed by atoms with Gasteiger partial charge in [-0.1, -0.05) is 48.5 Å². The second-order valence-corrected chi connectivity index (χ2v) is 7.58. The van der Waals surface area contributed by atoms with Crippen molar-refractivity contribution in [3.05, 3.63) is 95.1 Å². The SMILES string of the molecule is CCOc1ccc(NC(=O)[C@@H]2CC3c4ccccc4C2c2ccccc23)cc1. The number of benzene rings is 3. The monoisotopic (exact) mass is 369 g/mol. The highest BCUT2D eigenvalue weighted by Crippen LogP contribution is 2.55. The van der Waals surface area contributed by atoms with Crippen LogP contribution in [0, 0.1) is 5.92 Å². The number of anilines is 1. The lowest BCUT2D eigenvalue weighted by Crippen LogP contribution is -2.38. The van der Waals surface area contributed by atoms with Crippen molar-refractivity contribution in [2.75, 3.05) is 11.9 Å². The van der Waals surface area contributed by atoms with E-state index in [9.17, 15) is 4.79 Å². The van der Waals surface area contributed by atoms with Gasteiger partial charge in [0.15, 0.2) is 0 Å². The molecule has 0 aliphatic heterocycles. The molecular weight excluding hydrogens is 346 g/mol. The van der Waals surface area contributed by atoms with Crippen molar-refractivity contribution in [2.24, 2.45) is 5.92 Å². The van der Waals surface area contributed by atoms with Gasteiger partial charge in [0.2, 0.25) is 5.91 Å². The number of fused-ring (bicyclic) bond motifs is 1. The van der Waals surface area contributed by atoms with Crippen LogP contribution in [0.15, 0.2) is 72.8 Å². The summed E-state index contributed by atoms with van der Waals surface area (Å²) in [5.41, 5.74) is 6.21. The number of carbonyl (C=O) groups excluding carboxylic acids is 1. The second kappa shape index (κ2) is 6.83. The smallest absolute Gasteiger partial charge is 0.228 e. The van der Waals surface area contributed by atoms with E-state index in [0.29, 0.717) is 12.5 Å². The van der Waals surface area contributed by atoms with Crippen LogP contribution >= 0.6 is 0 Å². The largest absolute Gasteiger partial charge is 0.494 e. The fourth-order valence-electron chi connectivity index (χ4n) is 4.93. The summed E-state index contributed by atoms with van der Waals surface area (Å²) in [4.78, 5) is 13.2. The topological polar surface area (TPSA) is 38.3 Å². The van der Waals surface area contributed by atoms with Gasteiger partial charge in [-0.05, 0) is 59.9 Å². The fourth-order valence-corrected chi connectivity index (χ4v) is 4.93. The van der Waals surface area contributed by atoms with Crippen molar-refractivity contribution in [1.29, 1.82) is 0 Å². The molecular formula is C25H23NO2. The minimum Gasteiger partial charge on any atom is -0.494 e. The lowest BCUT2D eigenvalue weighted by Gasteiger charge is -2.44. The highest BCUT2D eigenvalue weighted by molar-refractivity contribution is 5.94. The van der Waals surface area contributed by atoms with Crippen LogP contribution < -0.4 is 10.1 Å². The minimum atomic E-state index is -0.0543. The Hall–Kier alpha value is -3.07. The molecule has 2 bridgehead atoms. The van der Waals surface area contributed by atoms with Crippen molar-refractivity contribution in [3.63, 3.8) is 0 Å². The maximum atomic E-state index is 13.2. The van der Waals surface area contributed by atoms with Crippen molar-refractivity contribution in [1.82, 2.24) is 0 Å². The lowest BCUT2D eigenvalue weighted by molar-refractivity contribution is -0.121. The van der Waals surface area contributed by atoms with Crippen LogP contribution in [0.3, 0.4) is 0 Å². The van der Waals surface area contributed by atoms with Gasteiger partial charge in [0.1, 0.15) is 5.75 Å². The maximum Gasteiger partial charge on any atom is 0.228 e. The van der Waals surface area contributed by atoms with Crippen molar-refractivity contribution >= 4 is 11.6 Å². The Balaban J connectivity index is 1.46. The third kappa shape index (κ3) is 2.70. The molecule has 0 fully saturated rings. The zero-order valence-electron chi connectivity index (χ0n) is 15.9. The summed E-state index contributed by atoms with van der Waals surface area (Å²) >= 11 is 0. The molecule has 6 rings (SSSR count). The molecule has 3 nitrogen and oxygen atoms in total. The molecule has 0 radical (unpaired) electrons. The van der Waals surface area contributed by atoms with E-state index in [1.807, 2.05) is 31.2 Å². The summed E-state index contributed by atoms with van der Waals surface area (Å²) in [7, 11) is 0. The molecule has 28 heavy (non-hydrogen) atoms. The summed E-state index contributed by atoms with van der Waals surface area (Å²) in [6.45, 7) is 2.60. The van der Waals surface area contributed by atoms with Gasteiger partial charge < -0.3 is 10.1 Å². The predicted molar refractivity (Wildman–Crippen MR) is 111 cm³/mol.